The van der Waals surface area contributed by atoms with Crippen LogP contribution in [0.2, 0.25) is 0 Å². The number of hydrogen-bond acceptors (Lipinski definition) is 5. The standard InChI is InChI=1S/C19H22N4O3S/c1-3-4-13-9-15(17-16(10-13)22-19(20)23-17)18(24)21-11-12-5-7-14(8-6-12)27(2,25)26/h5-10H,3-4,11H2,1-2H3,(H,21,24)(H3,20,22,23). The summed E-state index contributed by atoms with van der Waals surface area (Å²) in [6.07, 6.45) is 2.97. The SMILES string of the molecule is CCCc1cc(C(=O)NCc2ccc(S(C)(=O)=O)cc2)c2nc(N)[nH]c2c1. The first-order valence-corrected chi connectivity index (χ1v) is 10.5. The number of nitrogens with two attached hydrogens (primary N) is 1. The Bertz CT molecular complexity index is 1090. The molecule has 0 unspecified atom stereocenters. The zero-order chi connectivity index (χ0) is 19.6. The summed E-state index contributed by atoms with van der Waals surface area (Å²) >= 11 is 0. The average Bonchev–Trinajstić information content (AvgIpc) is 2.99. The summed E-state index contributed by atoms with van der Waals surface area (Å²) in [6, 6.07) is 10.2. The van der Waals surface area contributed by atoms with Crippen LogP contribution in [0.3, 0.4) is 0 Å². The highest BCUT2D eigenvalue weighted by atomic mass is 32.2. The van der Waals surface area contributed by atoms with Crippen LogP contribution < -0.4 is 11.1 Å². The quantitative estimate of drug-likeness (QED) is 0.601. The number of nitrogens with zero attached hydrogens (tertiary/aromatic N) is 1. The number of anilines is 1. The number of hydrogen-bond donors (Lipinski definition) is 3. The van der Waals surface area contributed by atoms with Gasteiger partial charge in [-0.05, 0) is 41.8 Å². The number of aromatic nitrogens is 2. The van der Waals surface area contributed by atoms with E-state index in [0.717, 1.165) is 35.7 Å². The number of aryl methyl sites for hydroxylation is 1. The third-order valence-corrected chi connectivity index (χ3v) is 5.38. The third kappa shape index (κ3) is 4.28. The van der Waals surface area contributed by atoms with Crippen LogP contribution in [-0.4, -0.2) is 30.5 Å². The van der Waals surface area contributed by atoms with Crippen molar-refractivity contribution in [2.24, 2.45) is 0 Å². The fourth-order valence-electron chi connectivity index (χ4n) is 2.93. The lowest BCUT2D eigenvalue weighted by Gasteiger charge is -2.09. The highest BCUT2D eigenvalue weighted by Crippen LogP contribution is 2.21. The molecule has 0 radical (unpaired) electrons. The summed E-state index contributed by atoms with van der Waals surface area (Å²) in [5, 5.41) is 2.86. The molecule has 27 heavy (non-hydrogen) atoms. The minimum Gasteiger partial charge on any atom is -0.369 e. The summed E-state index contributed by atoms with van der Waals surface area (Å²) in [5.74, 6) is 0.0145. The molecule has 1 heterocycles. The number of nitrogen functional groups attached to an aromatic ring is 1. The number of H-pyrrole nitrogens is 1. The van der Waals surface area contributed by atoms with E-state index in [9.17, 15) is 13.2 Å². The molecule has 0 aliphatic heterocycles. The number of sulfone groups is 1. The van der Waals surface area contributed by atoms with Gasteiger partial charge in [0.2, 0.25) is 0 Å². The van der Waals surface area contributed by atoms with Crippen molar-refractivity contribution in [2.75, 3.05) is 12.0 Å². The van der Waals surface area contributed by atoms with Crippen molar-refractivity contribution in [1.82, 2.24) is 15.3 Å². The van der Waals surface area contributed by atoms with Gasteiger partial charge in [0.15, 0.2) is 15.8 Å². The molecule has 0 saturated heterocycles. The Labute approximate surface area is 157 Å². The number of amides is 1. The highest BCUT2D eigenvalue weighted by molar-refractivity contribution is 7.90. The first-order chi connectivity index (χ1) is 12.8. The van der Waals surface area contributed by atoms with Gasteiger partial charge in [0.05, 0.1) is 16.0 Å². The van der Waals surface area contributed by atoms with Gasteiger partial charge >= 0.3 is 0 Å². The van der Waals surface area contributed by atoms with Crippen molar-refractivity contribution < 1.29 is 13.2 Å². The van der Waals surface area contributed by atoms with Gasteiger partial charge in [-0.1, -0.05) is 25.5 Å². The molecule has 2 aromatic carbocycles. The maximum Gasteiger partial charge on any atom is 0.253 e. The molecule has 1 amide bonds. The zero-order valence-electron chi connectivity index (χ0n) is 15.2. The van der Waals surface area contributed by atoms with E-state index in [4.69, 9.17) is 5.73 Å². The third-order valence-electron chi connectivity index (χ3n) is 4.25. The lowest BCUT2D eigenvalue weighted by atomic mass is 10.0. The maximum absolute atomic E-state index is 12.7. The van der Waals surface area contributed by atoms with Crippen molar-refractivity contribution >= 4 is 32.7 Å². The van der Waals surface area contributed by atoms with Crippen molar-refractivity contribution in [3.05, 3.63) is 53.1 Å². The molecule has 0 saturated carbocycles. The molecule has 0 atom stereocenters. The van der Waals surface area contributed by atoms with Crippen LogP contribution >= 0.6 is 0 Å². The van der Waals surface area contributed by atoms with Gasteiger partial charge in [-0.2, -0.15) is 0 Å². The molecule has 0 aliphatic carbocycles. The Hall–Kier alpha value is -2.87. The second-order valence-corrected chi connectivity index (χ2v) is 8.53. The first-order valence-electron chi connectivity index (χ1n) is 8.63. The predicted octanol–water partition coefficient (Wildman–Crippen LogP) is 2.43. The molecular formula is C19H22N4O3S. The molecular weight excluding hydrogens is 364 g/mol. The van der Waals surface area contributed by atoms with Crippen LogP contribution in [-0.2, 0) is 22.8 Å². The molecule has 1 aromatic heterocycles. The Kier molecular flexibility index (Phi) is 5.18. The Morgan fingerprint density at radius 2 is 1.89 bits per heavy atom. The normalized spacial score (nSPS) is 11.6. The first kappa shape index (κ1) is 18.9. The van der Waals surface area contributed by atoms with Crippen LogP contribution in [0, 0.1) is 0 Å². The van der Waals surface area contributed by atoms with Crippen LogP contribution in [0.4, 0.5) is 5.95 Å². The Morgan fingerprint density at radius 1 is 1.19 bits per heavy atom. The van der Waals surface area contributed by atoms with Gasteiger partial charge in [-0.15, -0.1) is 0 Å². The van der Waals surface area contributed by atoms with E-state index < -0.39 is 9.84 Å². The number of fused-ring (bicyclic) bond motifs is 1. The number of imidazole rings is 1. The van der Waals surface area contributed by atoms with Crippen LogP contribution in [0.5, 0.6) is 0 Å². The largest absolute Gasteiger partial charge is 0.369 e. The number of rotatable bonds is 6. The van der Waals surface area contributed by atoms with Crippen molar-refractivity contribution in [1.29, 1.82) is 0 Å². The van der Waals surface area contributed by atoms with Crippen molar-refractivity contribution in [3.8, 4) is 0 Å². The highest BCUT2D eigenvalue weighted by Gasteiger charge is 2.15. The van der Waals surface area contributed by atoms with Crippen molar-refractivity contribution in [3.63, 3.8) is 0 Å². The van der Waals surface area contributed by atoms with Crippen LogP contribution in [0.1, 0.15) is 34.8 Å². The number of nitrogens with one attached hydrogen (secondary N) is 2. The van der Waals surface area contributed by atoms with E-state index in [1.165, 1.54) is 12.1 Å². The van der Waals surface area contributed by atoms with Crippen molar-refractivity contribution in [2.45, 2.75) is 31.2 Å². The molecule has 142 valence electrons. The van der Waals surface area contributed by atoms with E-state index in [1.54, 1.807) is 12.1 Å². The molecule has 8 heteroatoms. The molecule has 0 aliphatic rings. The number of carbonyl (C=O) groups is 1. The monoisotopic (exact) mass is 386 g/mol. The molecule has 4 N–H and O–H groups in total. The lowest BCUT2D eigenvalue weighted by molar-refractivity contribution is 0.0952. The summed E-state index contributed by atoms with van der Waals surface area (Å²) in [6.45, 7) is 2.35. The Morgan fingerprint density at radius 3 is 2.52 bits per heavy atom. The summed E-state index contributed by atoms with van der Waals surface area (Å²) < 4.78 is 23.0. The summed E-state index contributed by atoms with van der Waals surface area (Å²) in [4.78, 5) is 20.2. The smallest absolute Gasteiger partial charge is 0.253 e. The second kappa shape index (κ2) is 7.40. The van der Waals surface area contributed by atoms with E-state index in [1.807, 2.05) is 12.1 Å². The molecule has 3 rings (SSSR count). The number of carbonyl (C=O) groups excluding carboxylic acids is 1. The zero-order valence-corrected chi connectivity index (χ0v) is 16.1. The van der Waals surface area contributed by atoms with Gasteiger partial charge in [0.1, 0.15) is 5.52 Å². The molecule has 0 bridgehead atoms. The van der Waals surface area contributed by atoms with E-state index in [2.05, 4.69) is 22.2 Å². The predicted molar refractivity (Wildman–Crippen MR) is 105 cm³/mol. The minimum atomic E-state index is -3.24. The molecule has 7 nitrogen and oxygen atoms in total. The van der Waals surface area contributed by atoms with E-state index >= 15 is 0 Å². The maximum atomic E-state index is 12.7. The molecule has 0 fully saturated rings. The van der Waals surface area contributed by atoms with Gasteiger partial charge in [0, 0.05) is 12.8 Å². The van der Waals surface area contributed by atoms with Crippen LogP contribution in [0.25, 0.3) is 11.0 Å². The Balaban J connectivity index is 1.81. The van der Waals surface area contributed by atoms with Crippen LogP contribution in [0.15, 0.2) is 41.3 Å². The minimum absolute atomic E-state index is 0.249. The van der Waals surface area contributed by atoms with E-state index in [-0.39, 0.29) is 23.3 Å². The van der Waals surface area contributed by atoms with Gasteiger partial charge in [-0.3, -0.25) is 4.79 Å². The fraction of sp³-hybridized carbons (Fsp3) is 0.263. The van der Waals surface area contributed by atoms with E-state index in [0.29, 0.717) is 11.1 Å². The number of aromatic amines is 1. The molecule has 3 aromatic rings. The summed E-state index contributed by atoms with van der Waals surface area (Å²) in [5.41, 5.74) is 9.34. The van der Waals surface area contributed by atoms with Gasteiger partial charge in [0.25, 0.3) is 5.91 Å². The molecule has 0 spiro atoms. The van der Waals surface area contributed by atoms with Gasteiger partial charge < -0.3 is 16.0 Å². The summed E-state index contributed by atoms with van der Waals surface area (Å²) in [7, 11) is -3.24. The fourth-order valence-corrected chi connectivity index (χ4v) is 3.57. The average molecular weight is 386 g/mol. The second-order valence-electron chi connectivity index (χ2n) is 6.51. The van der Waals surface area contributed by atoms with Gasteiger partial charge in [-0.25, -0.2) is 13.4 Å². The number of benzene rings is 2. The lowest BCUT2D eigenvalue weighted by Crippen LogP contribution is -2.23. The topological polar surface area (TPSA) is 118 Å².